The predicted octanol–water partition coefficient (Wildman–Crippen LogP) is 4.53. The van der Waals surface area contributed by atoms with Crippen LogP contribution in [0.1, 0.15) is 31.4 Å². The van der Waals surface area contributed by atoms with Crippen molar-refractivity contribution in [3.05, 3.63) is 64.7 Å². The zero-order chi connectivity index (χ0) is 21.9. The fraction of sp³-hybridized carbons (Fsp3) is 0.391. The number of halogens is 1. The number of rotatable bonds is 11. The molecule has 0 aliphatic rings. The van der Waals surface area contributed by atoms with Gasteiger partial charge >= 0.3 is 0 Å². The van der Waals surface area contributed by atoms with E-state index in [0.29, 0.717) is 29.6 Å². The maximum absolute atomic E-state index is 13.0. The molecule has 1 atom stereocenters. The number of thioether (sulfide) groups is 1. The van der Waals surface area contributed by atoms with Gasteiger partial charge in [-0.1, -0.05) is 42.8 Å². The topological polar surface area (TPSA) is 58.6 Å². The number of ether oxygens (including phenoxy) is 1. The molecule has 1 unspecified atom stereocenters. The molecule has 0 saturated carbocycles. The Kier molecular flexibility index (Phi) is 10.0. The molecule has 2 aromatic rings. The molecule has 0 saturated heterocycles. The molecule has 0 aliphatic heterocycles. The zero-order valence-electron chi connectivity index (χ0n) is 17.7. The summed E-state index contributed by atoms with van der Waals surface area (Å²) in [5, 5.41) is 3.52. The lowest BCUT2D eigenvalue weighted by Gasteiger charge is -2.28. The molecule has 2 amide bonds. The van der Waals surface area contributed by atoms with E-state index in [4.69, 9.17) is 16.3 Å². The van der Waals surface area contributed by atoms with Gasteiger partial charge < -0.3 is 15.0 Å². The first-order chi connectivity index (χ1) is 14.4. The van der Waals surface area contributed by atoms with E-state index in [2.05, 4.69) is 5.32 Å². The molecule has 5 nitrogen and oxygen atoms in total. The van der Waals surface area contributed by atoms with E-state index in [9.17, 15) is 9.59 Å². The van der Waals surface area contributed by atoms with Gasteiger partial charge in [0.1, 0.15) is 11.8 Å². The van der Waals surface area contributed by atoms with Crippen LogP contribution in [-0.2, 0) is 21.9 Å². The quantitative estimate of drug-likeness (QED) is 0.548. The van der Waals surface area contributed by atoms with E-state index in [1.165, 1.54) is 11.8 Å². The van der Waals surface area contributed by atoms with Gasteiger partial charge in [0.2, 0.25) is 11.8 Å². The van der Waals surface area contributed by atoms with E-state index in [-0.39, 0.29) is 11.8 Å². The molecule has 0 heterocycles. The van der Waals surface area contributed by atoms with Crippen LogP contribution in [0.25, 0.3) is 0 Å². The Bertz CT molecular complexity index is 812. The highest BCUT2D eigenvalue weighted by Crippen LogP contribution is 2.19. The summed E-state index contributed by atoms with van der Waals surface area (Å²) in [6.07, 6.45) is 0.849. The number of hydrogen-bond acceptors (Lipinski definition) is 4. The Balaban J connectivity index is 2.02. The van der Waals surface area contributed by atoms with Crippen molar-refractivity contribution in [2.45, 2.75) is 38.6 Å². The average Bonchev–Trinajstić information content (AvgIpc) is 2.76. The molecule has 7 heteroatoms. The fourth-order valence-electron chi connectivity index (χ4n) is 2.83. The summed E-state index contributed by atoms with van der Waals surface area (Å²) in [5.41, 5.74) is 2.05. The molecule has 0 aliphatic carbocycles. The summed E-state index contributed by atoms with van der Waals surface area (Å²) in [5.74, 6) is 1.61. The number of nitrogens with zero attached hydrogens (tertiary/aromatic N) is 1. The van der Waals surface area contributed by atoms with Crippen LogP contribution >= 0.6 is 23.4 Å². The molecule has 0 bridgehead atoms. The van der Waals surface area contributed by atoms with Crippen LogP contribution in [0.2, 0.25) is 5.02 Å². The van der Waals surface area contributed by atoms with Crippen molar-refractivity contribution in [3.63, 3.8) is 0 Å². The van der Waals surface area contributed by atoms with Crippen molar-refractivity contribution < 1.29 is 14.3 Å². The van der Waals surface area contributed by atoms with E-state index < -0.39 is 6.04 Å². The van der Waals surface area contributed by atoms with Crippen LogP contribution in [0.4, 0.5) is 0 Å². The Hall–Kier alpha value is -2.18. The monoisotopic (exact) mass is 448 g/mol. The Morgan fingerprint density at radius 3 is 2.33 bits per heavy atom. The smallest absolute Gasteiger partial charge is 0.242 e. The summed E-state index contributed by atoms with van der Waals surface area (Å²) in [7, 11) is 1.63. The molecule has 0 fully saturated rings. The summed E-state index contributed by atoms with van der Waals surface area (Å²) >= 11 is 7.50. The molecule has 162 valence electrons. The van der Waals surface area contributed by atoms with Crippen molar-refractivity contribution in [3.8, 4) is 5.75 Å². The molecule has 0 radical (unpaired) electrons. The molecule has 30 heavy (non-hydrogen) atoms. The van der Waals surface area contributed by atoms with E-state index in [0.717, 1.165) is 23.3 Å². The fourth-order valence-corrected chi connectivity index (χ4v) is 3.82. The molecule has 2 rings (SSSR count). The van der Waals surface area contributed by atoms with E-state index in [1.54, 1.807) is 31.1 Å². The summed E-state index contributed by atoms with van der Waals surface area (Å²) < 4.78 is 5.17. The predicted molar refractivity (Wildman–Crippen MR) is 124 cm³/mol. The van der Waals surface area contributed by atoms with Gasteiger partial charge in [-0.15, -0.1) is 11.8 Å². The van der Waals surface area contributed by atoms with Crippen LogP contribution in [0.5, 0.6) is 5.75 Å². The van der Waals surface area contributed by atoms with Crippen LogP contribution in [-0.4, -0.2) is 42.2 Å². The normalized spacial score (nSPS) is 11.6. The number of benzene rings is 2. The number of methoxy groups -OCH3 is 1. The van der Waals surface area contributed by atoms with Crippen LogP contribution in [0, 0.1) is 0 Å². The largest absolute Gasteiger partial charge is 0.497 e. The first-order valence-electron chi connectivity index (χ1n) is 9.97. The lowest BCUT2D eigenvalue weighted by Crippen LogP contribution is -2.48. The highest BCUT2D eigenvalue weighted by atomic mass is 35.5. The molecule has 2 aromatic carbocycles. The Morgan fingerprint density at radius 1 is 1.10 bits per heavy atom. The van der Waals surface area contributed by atoms with Crippen molar-refractivity contribution in [1.29, 1.82) is 0 Å². The maximum atomic E-state index is 13.0. The van der Waals surface area contributed by atoms with Gasteiger partial charge in [-0.2, -0.15) is 0 Å². The minimum Gasteiger partial charge on any atom is -0.497 e. The second kappa shape index (κ2) is 12.5. The number of nitrogens with one attached hydrogen (secondary N) is 1. The highest BCUT2D eigenvalue weighted by Gasteiger charge is 2.25. The van der Waals surface area contributed by atoms with E-state index in [1.807, 2.05) is 43.3 Å². The third-order valence-corrected chi connectivity index (χ3v) is 5.88. The van der Waals surface area contributed by atoms with Crippen LogP contribution in [0.15, 0.2) is 48.5 Å². The minimum atomic E-state index is -0.554. The molecule has 0 spiro atoms. The summed E-state index contributed by atoms with van der Waals surface area (Å²) in [6.45, 7) is 4.72. The Morgan fingerprint density at radius 2 is 1.73 bits per heavy atom. The van der Waals surface area contributed by atoms with Crippen molar-refractivity contribution >= 4 is 35.2 Å². The van der Waals surface area contributed by atoms with Gasteiger partial charge in [0.15, 0.2) is 0 Å². The molecule has 0 aromatic heterocycles. The third kappa shape index (κ3) is 7.58. The second-order valence-electron chi connectivity index (χ2n) is 6.96. The van der Waals surface area contributed by atoms with Crippen molar-refractivity contribution in [2.24, 2.45) is 0 Å². The van der Waals surface area contributed by atoms with Gasteiger partial charge in [0.25, 0.3) is 0 Å². The molecule has 1 N–H and O–H groups in total. The van der Waals surface area contributed by atoms with Gasteiger partial charge in [-0.3, -0.25) is 9.59 Å². The second-order valence-corrected chi connectivity index (χ2v) is 8.38. The van der Waals surface area contributed by atoms with Gasteiger partial charge in [-0.25, -0.2) is 0 Å². The third-order valence-electron chi connectivity index (χ3n) is 4.64. The first-order valence-corrected chi connectivity index (χ1v) is 11.5. The lowest BCUT2D eigenvalue weighted by molar-refractivity contribution is -0.138. The SMILES string of the molecule is CCCNC(=O)C(C)N(Cc1ccc(Cl)cc1)C(=O)CSCc1ccc(OC)cc1. The van der Waals surface area contributed by atoms with Crippen molar-refractivity contribution in [1.82, 2.24) is 10.2 Å². The molecular weight excluding hydrogens is 420 g/mol. The van der Waals surface area contributed by atoms with Gasteiger partial charge in [0.05, 0.1) is 12.9 Å². The van der Waals surface area contributed by atoms with Gasteiger partial charge in [-0.05, 0) is 48.7 Å². The number of amides is 2. The first kappa shape index (κ1) is 24.1. The van der Waals surface area contributed by atoms with Crippen LogP contribution in [0.3, 0.4) is 0 Å². The Labute approximate surface area is 188 Å². The molecular formula is C23H29ClN2O3S. The van der Waals surface area contributed by atoms with Crippen LogP contribution < -0.4 is 10.1 Å². The highest BCUT2D eigenvalue weighted by molar-refractivity contribution is 7.99. The number of hydrogen-bond donors (Lipinski definition) is 1. The maximum Gasteiger partial charge on any atom is 0.242 e. The van der Waals surface area contributed by atoms with Crippen molar-refractivity contribution in [2.75, 3.05) is 19.4 Å². The summed E-state index contributed by atoms with van der Waals surface area (Å²) in [6, 6.07) is 14.6. The van der Waals surface area contributed by atoms with Gasteiger partial charge in [0, 0.05) is 23.9 Å². The zero-order valence-corrected chi connectivity index (χ0v) is 19.3. The number of carbonyl (C=O) groups is 2. The average molecular weight is 449 g/mol. The standard InChI is InChI=1S/C23H29ClN2O3S/c1-4-13-25-23(28)17(2)26(14-18-5-9-20(24)10-6-18)22(27)16-30-15-19-7-11-21(29-3)12-8-19/h5-12,17H,4,13-16H2,1-3H3,(H,25,28). The number of carbonyl (C=O) groups excluding carboxylic acids is 2. The summed E-state index contributed by atoms with van der Waals surface area (Å²) in [4.78, 5) is 27.1. The minimum absolute atomic E-state index is 0.0670. The lowest BCUT2D eigenvalue weighted by atomic mass is 10.1. The van der Waals surface area contributed by atoms with E-state index >= 15 is 0 Å².